The lowest BCUT2D eigenvalue weighted by atomic mass is 10.2. The third-order valence-electron chi connectivity index (χ3n) is 2.81. The van der Waals surface area contributed by atoms with Crippen LogP contribution in [0, 0.1) is 6.92 Å². The number of hydrogen-bond acceptors (Lipinski definition) is 5. The lowest BCUT2D eigenvalue weighted by Crippen LogP contribution is -1.87. The summed E-state index contributed by atoms with van der Waals surface area (Å²) in [5, 5.41) is 0.679. The summed E-state index contributed by atoms with van der Waals surface area (Å²) < 4.78 is 9.42. The Bertz CT molecular complexity index is 697. The molecule has 0 aliphatic heterocycles. The third-order valence-corrected chi connectivity index (χ3v) is 3.58. The zero-order valence-corrected chi connectivity index (χ0v) is 10.8. The summed E-state index contributed by atoms with van der Waals surface area (Å²) in [6, 6.07) is 5.71. The van der Waals surface area contributed by atoms with Crippen LogP contribution in [0.2, 0.25) is 0 Å². The molecule has 0 aliphatic carbocycles. The SMILES string of the molecule is COc1ccc2nc(-c3c(C)nsc3N)[nH]c2c1. The summed E-state index contributed by atoms with van der Waals surface area (Å²) in [5.74, 6) is 1.55. The summed E-state index contributed by atoms with van der Waals surface area (Å²) >= 11 is 1.29. The van der Waals surface area contributed by atoms with E-state index < -0.39 is 0 Å². The van der Waals surface area contributed by atoms with Gasteiger partial charge in [0.25, 0.3) is 0 Å². The van der Waals surface area contributed by atoms with E-state index in [1.54, 1.807) is 7.11 Å². The Morgan fingerprint density at radius 3 is 2.89 bits per heavy atom. The van der Waals surface area contributed by atoms with Gasteiger partial charge in [-0.2, -0.15) is 4.37 Å². The first-order chi connectivity index (χ1) is 8.69. The van der Waals surface area contributed by atoms with E-state index in [1.807, 2.05) is 25.1 Å². The summed E-state index contributed by atoms with van der Waals surface area (Å²) in [6.07, 6.45) is 0. The first-order valence-electron chi connectivity index (χ1n) is 5.45. The van der Waals surface area contributed by atoms with Crippen molar-refractivity contribution >= 4 is 27.6 Å². The number of anilines is 1. The number of methoxy groups -OCH3 is 1. The van der Waals surface area contributed by atoms with Crippen LogP contribution in [0.4, 0.5) is 5.00 Å². The molecular formula is C12H12N4OS. The van der Waals surface area contributed by atoms with Gasteiger partial charge in [-0.25, -0.2) is 4.98 Å². The van der Waals surface area contributed by atoms with E-state index in [2.05, 4.69) is 14.3 Å². The molecule has 0 saturated heterocycles. The Morgan fingerprint density at radius 2 is 2.22 bits per heavy atom. The van der Waals surface area contributed by atoms with Crippen molar-refractivity contribution in [2.75, 3.05) is 12.8 Å². The monoisotopic (exact) mass is 260 g/mol. The normalized spacial score (nSPS) is 11.0. The number of imidazole rings is 1. The quantitative estimate of drug-likeness (QED) is 0.742. The highest BCUT2D eigenvalue weighted by Crippen LogP contribution is 2.32. The van der Waals surface area contributed by atoms with Gasteiger partial charge in [0.05, 0.1) is 29.4 Å². The summed E-state index contributed by atoms with van der Waals surface area (Å²) in [7, 11) is 1.64. The molecule has 2 aromatic heterocycles. The number of benzene rings is 1. The van der Waals surface area contributed by atoms with Gasteiger partial charge in [-0.3, -0.25) is 0 Å². The predicted molar refractivity (Wildman–Crippen MR) is 72.9 cm³/mol. The topological polar surface area (TPSA) is 76.8 Å². The van der Waals surface area contributed by atoms with Crippen LogP contribution in [0.25, 0.3) is 22.4 Å². The van der Waals surface area contributed by atoms with Gasteiger partial charge in [0.1, 0.15) is 16.6 Å². The first kappa shape index (κ1) is 11.0. The Morgan fingerprint density at radius 1 is 1.39 bits per heavy atom. The molecule has 18 heavy (non-hydrogen) atoms. The first-order valence-corrected chi connectivity index (χ1v) is 6.22. The van der Waals surface area contributed by atoms with Crippen molar-refractivity contribution in [3.8, 4) is 17.1 Å². The maximum atomic E-state index is 5.92. The third kappa shape index (κ3) is 1.62. The predicted octanol–water partition coefficient (Wildman–Crippen LogP) is 2.59. The van der Waals surface area contributed by atoms with Crippen LogP contribution in [-0.2, 0) is 0 Å². The number of rotatable bonds is 2. The van der Waals surface area contributed by atoms with E-state index in [1.165, 1.54) is 11.5 Å². The maximum Gasteiger partial charge on any atom is 0.143 e. The molecule has 92 valence electrons. The molecule has 0 fully saturated rings. The molecule has 0 radical (unpaired) electrons. The lowest BCUT2D eigenvalue weighted by molar-refractivity contribution is 0.415. The Kier molecular flexibility index (Phi) is 2.45. The van der Waals surface area contributed by atoms with Gasteiger partial charge in [0.2, 0.25) is 0 Å². The fourth-order valence-electron chi connectivity index (χ4n) is 1.91. The standard InChI is InChI=1S/C12H12N4OS/c1-6-10(11(13)18-16-6)12-14-8-4-3-7(17-2)5-9(8)15-12/h3-5H,13H2,1-2H3,(H,14,15). The number of nitrogen functional groups attached to an aromatic ring is 1. The van der Waals surface area contributed by atoms with Crippen molar-refractivity contribution in [2.45, 2.75) is 6.92 Å². The smallest absolute Gasteiger partial charge is 0.143 e. The molecule has 0 bridgehead atoms. The molecule has 1 aromatic carbocycles. The number of nitrogens with two attached hydrogens (primary N) is 1. The second-order valence-electron chi connectivity index (χ2n) is 3.98. The number of H-pyrrole nitrogens is 1. The molecule has 3 N–H and O–H groups in total. The van der Waals surface area contributed by atoms with Crippen molar-refractivity contribution in [3.63, 3.8) is 0 Å². The van der Waals surface area contributed by atoms with Crippen LogP contribution in [0.5, 0.6) is 5.75 Å². The summed E-state index contributed by atoms with van der Waals surface area (Å²) in [6.45, 7) is 1.93. The van der Waals surface area contributed by atoms with E-state index in [0.717, 1.165) is 33.9 Å². The molecule has 5 nitrogen and oxygen atoms in total. The van der Waals surface area contributed by atoms with Gasteiger partial charge in [-0.1, -0.05) is 0 Å². The summed E-state index contributed by atoms with van der Waals surface area (Å²) in [5.41, 5.74) is 9.51. The maximum absolute atomic E-state index is 5.92. The number of aromatic amines is 1. The van der Waals surface area contributed by atoms with Crippen molar-refractivity contribution in [1.29, 1.82) is 0 Å². The highest BCUT2D eigenvalue weighted by molar-refractivity contribution is 7.10. The molecule has 0 unspecified atom stereocenters. The van der Waals surface area contributed by atoms with E-state index >= 15 is 0 Å². The minimum atomic E-state index is 0.679. The second kappa shape index (κ2) is 3.99. The van der Waals surface area contributed by atoms with Crippen molar-refractivity contribution in [3.05, 3.63) is 23.9 Å². The lowest BCUT2D eigenvalue weighted by Gasteiger charge is -1.96. The highest BCUT2D eigenvalue weighted by Gasteiger charge is 2.14. The van der Waals surface area contributed by atoms with Crippen LogP contribution in [0.3, 0.4) is 0 Å². The van der Waals surface area contributed by atoms with Gasteiger partial charge in [-0.05, 0) is 30.6 Å². The van der Waals surface area contributed by atoms with Crippen molar-refractivity contribution < 1.29 is 4.74 Å². The fourth-order valence-corrected chi connectivity index (χ4v) is 2.57. The van der Waals surface area contributed by atoms with Crippen molar-refractivity contribution in [1.82, 2.24) is 14.3 Å². The van der Waals surface area contributed by atoms with Gasteiger partial charge in [-0.15, -0.1) is 0 Å². The number of aryl methyl sites for hydroxylation is 1. The molecular weight excluding hydrogens is 248 g/mol. The van der Waals surface area contributed by atoms with E-state index in [9.17, 15) is 0 Å². The molecule has 3 aromatic rings. The molecule has 6 heteroatoms. The Balaban J connectivity index is 2.19. The number of ether oxygens (including phenoxy) is 1. The van der Waals surface area contributed by atoms with E-state index in [-0.39, 0.29) is 0 Å². The molecule has 0 saturated carbocycles. The van der Waals surface area contributed by atoms with Crippen LogP contribution in [0.15, 0.2) is 18.2 Å². The van der Waals surface area contributed by atoms with Gasteiger partial charge >= 0.3 is 0 Å². The molecule has 2 heterocycles. The molecule has 0 aliphatic rings. The average Bonchev–Trinajstić information content (AvgIpc) is 2.91. The minimum absolute atomic E-state index is 0.679. The van der Waals surface area contributed by atoms with Crippen LogP contribution in [-0.4, -0.2) is 21.5 Å². The fraction of sp³-hybridized carbons (Fsp3) is 0.167. The van der Waals surface area contributed by atoms with Crippen LogP contribution < -0.4 is 10.5 Å². The molecule has 3 rings (SSSR count). The second-order valence-corrected chi connectivity index (χ2v) is 4.78. The van der Waals surface area contributed by atoms with Crippen LogP contribution in [0.1, 0.15) is 5.69 Å². The van der Waals surface area contributed by atoms with Gasteiger partial charge in [0, 0.05) is 6.07 Å². The van der Waals surface area contributed by atoms with Gasteiger partial charge in [0.15, 0.2) is 0 Å². The summed E-state index contributed by atoms with van der Waals surface area (Å²) in [4.78, 5) is 7.78. The molecule has 0 atom stereocenters. The molecule has 0 amide bonds. The Hall–Kier alpha value is -2.08. The number of fused-ring (bicyclic) bond motifs is 1. The zero-order chi connectivity index (χ0) is 12.7. The highest BCUT2D eigenvalue weighted by atomic mass is 32.1. The van der Waals surface area contributed by atoms with Crippen LogP contribution >= 0.6 is 11.5 Å². The zero-order valence-electron chi connectivity index (χ0n) is 10.0. The van der Waals surface area contributed by atoms with E-state index in [4.69, 9.17) is 10.5 Å². The number of hydrogen-bond donors (Lipinski definition) is 2. The Labute approximate surface area is 108 Å². The largest absolute Gasteiger partial charge is 0.497 e. The average molecular weight is 260 g/mol. The molecule has 0 spiro atoms. The number of aromatic nitrogens is 3. The van der Waals surface area contributed by atoms with E-state index in [0.29, 0.717) is 5.00 Å². The van der Waals surface area contributed by atoms with Gasteiger partial charge < -0.3 is 15.5 Å². The number of nitrogens with zero attached hydrogens (tertiary/aromatic N) is 2. The minimum Gasteiger partial charge on any atom is -0.497 e. The number of nitrogens with one attached hydrogen (secondary N) is 1. The van der Waals surface area contributed by atoms with Crippen molar-refractivity contribution in [2.24, 2.45) is 0 Å².